The maximum Gasteiger partial charge on any atom is 0.317 e. The van der Waals surface area contributed by atoms with Crippen molar-refractivity contribution in [2.24, 2.45) is 0 Å². The molecule has 0 bridgehead atoms. The number of nitrogens with zero attached hydrogens (tertiary/aromatic N) is 3. The average Bonchev–Trinajstić information content (AvgIpc) is 3.04. The Bertz CT molecular complexity index is 569. The summed E-state index contributed by atoms with van der Waals surface area (Å²) in [7, 11) is 4.08. The molecule has 5 heteroatoms. The van der Waals surface area contributed by atoms with E-state index >= 15 is 0 Å². The van der Waals surface area contributed by atoms with E-state index < -0.39 is 0 Å². The van der Waals surface area contributed by atoms with E-state index in [0.29, 0.717) is 5.92 Å². The number of benzene rings is 1. The summed E-state index contributed by atoms with van der Waals surface area (Å²) >= 11 is 0. The van der Waals surface area contributed by atoms with Gasteiger partial charge in [0, 0.05) is 52.2 Å². The van der Waals surface area contributed by atoms with E-state index in [1.807, 2.05) is 11.9 Å². The molecular formula is C20H32N4O. The topological polar surface area (TPSA) is 38.8 Å². The van der Waals surface area contributed by atoms with E-state index in [-0.39, 0.29) is 6.03 Å². The number of carbonyl (C=O) groups is 1. The van der Waals surface area contributed by atoms with Crippen LogP contribution in [0.4, 0.5) is 4.79 Å². The first-order chi connectivity index (χ1) is 12.1. The Hall–Kier alpha value is -1.59. The number of rotatable bonds is 6. The number of likely N-dealkylation sites (N-methyl/N-ethyl adjacent to an activating group) is 1. The summed E-state index contributed by atoms with van der Waals surface area (Å²) in [5, 5.41) is 3.13. The van der Waals surface area contributed by atoms with Gasteiger partial charge >= 0.3 is 6.03 Å². The maximum atomic E-state index is 12.3. The summed E-state index contributed by atoms with van der Waals surface area (Å²) in [5.41, 5.74) is 2.86. The van der Waals surface area contributed by atoms with Gasteiger partial charge in [0.25, 0.3) is 0 Å². The lowest BCUT2D eigenvalue weighted by atomic mass is 10.0. The quantitative estimate of drug-likeness (QED) is 0.858. The molecule has 0 saturated carbocycles. The molecule has 0 unspecified atom stereocenters. The van der Waals surface area contributed by atoms with Gasteiger partial charge in [0.2, 0.25) is 0 Å². The summed E-state index contributed by atoms with van der Waals surface area (Å²) in [4.78, 5) is 19.0. The molecule has 1 aliphatic heterocycles. The van der Waals surface area contributed by atoms with E-state index in [1.54, 1.807) is 0 Å². The lowest BCUT2D eigenvalue weighted by molar-refractivity contribution is 0.148. The highest BCUT2D eigenvalue weighted by molar-refractivity contribution is 5.73. The van der Waals surface area contributed by atoms with Gasteiger partial charge in [0.15, 0.2) is 0 Å². The van der Waals surface area contributed by atoms with Gasteiger partial charge in [-0.15, -0.1) is 0 Å². The van der Waals surface area contributed by atoms with Crippen LogP contribution in [0.5, 0.6) is 0 Å². The second-order valence-corrected chi connectivity index (χ2v) is 7.54. The molecule has 0 radical (unpaired) electrons. The summed E-state index contributed by atoms with van der Waals surface area (Å²) < 4.78 is 0. The number of nitrogens with one attached hydrogen (secondary N) is 1. The van der Waals surface area contributed by atoms with Crippen LogP contribution in [-0.2, 0) is 6.42 Å². The van der Waals surface area contributed by atoms with Crippen LogP contribution in [-0.4, -0.2) is 80.6 Å². The minimum absolute atomic E-state index is 0.0581. The van der Waals surface area contributed by atoms with E-state index in [9.17, 15) is 4.79 Å². The highest BCUT2D eigenvalue weighted by Gasteiger charge is 2.22. The Balaban J connectivity index is 1.34. The molecule has 1 atom stereocenters. The molecule has 1 N–H and O–H groups in total. The van der Waals surface area contributed by atoms with Crippen molar-refractivity contribution in [1.29, 1.82) is 0 Å². The Morgan fingerprint density at radius 3 is 2.80 bits per heavy atom. The van der Waals surface area contributed by atoms with Crippen molar-refractivity contribution < 1.29 is 4.79 Å². The zero-order valence-corrected chi connectivity index (χ0v) is 15.7. The van der Waals surface area contributed by atoms with Crippen LogP contribution in [0.2, 0.25) is 0 Å². The van der Waals surface area contributed by atoms with Crippen LogP contribution in [0.1, 0.15) is 29.9 Å². The van der Waals surface area contributed by atoms with Crippen molar-refractivity contribution >= 4 is 6.03 Å². The zero-order chi connectivity index (χ0) is 17.6. The number of urea groups is 1. The van der Waals surface area contributed by atoms with Crippen LogP contribution in [0, 0.1) is 0 Å². The normalized spacial score (nSPS) is 21.1. The SMILES string of the molecule is CN1CCN(CCCN(C)C(=O)NC[C@H]2CCc3ccccc32)CC1. The Labute approximate surface area is 152 Å². The molecule has 0 aromatic heterocycles. The monoisotopic (exact) mass is 344 g/mol. The van der Waals surface area contributed by atoms with Crippen molar-refractivity contribution in [3.05, 3.63) is 35.4 Å². The number of amides is 2. The second kappa shape index (κ2) is 8.68. The number of piperazine rings is 1. The van der Waals surface area contributed by atoms with Crippen molar-refractivity contribution in [3.8, 4) is 0 Å². The third-order valence-corrected chi connectivity index (χ3v) is 5.67. The molecule has 1 fully saturated rings. The van der Waals surface area contributed by atoms with Crippen molar-refractivity contribution in [2.45, 2.75) is 25.2 Å². The van der Waals surface area contributed by atoms with Crippen molar-refractivity contribution in [2.75, 3.05) is 59.9 Å². The molecule has 1 heterocycles. The Kier molecular flexibility index (Phi) is 6.32. The van der Waals surface area contributed by atoms with Gasteiger partial charge < -0.3 is 20.0 Å². The van der Waals surface area contributed by atoms with Crippen LogP contribution >= 0.6 is 0 Å². The smallest absolute Gasteiger partial charge is 0.317 e. The molecule has 2 amide bonds. The average molecular weight is 345 g/mol. The summed E-state index contributed by atoms with van der Waals surface area (Å²) in [5.74, 6) is 0.471. The maximum absolute atomic E-state index is 12.3. The fourth-order valence-corrected chi connectivity index (χ4v) is 3.91. The van der Waals surface area contributed by atoms with Gasteiger partial charge in [-0.3, -0.25) is 0 Å². The third kappa shape index (κ3) is 4.95. The molecule has 1 saturated heterocycles. The van der Waals surface area contributed by atoms with Crippen LogP contribution in [0.25, 0.3) is 0 Å². The first kappa shape index (κ1) is 18.2. The molecular weight excluding hydrogens is 312 g/mol. The zero-order valence-electron chi connectivity index (χ0n) is 15.7. The van der Waals surface area contributed by atoms with Gasteiger partial charge in [0.05, 0.1) is 0 Å². The van der Waals surface area contributed by atoms with Crippen LogP contribution in [0.3, 0.4) is 0 Å². The first-order valence-corrected chi connectivity index (χ1v) is 9.61. The summed E-state index contributed by atoms with van der Waals surface area (Å²) in [6.45, 7) is 7.25. The first-order valence-electron chi connectivity index (χ1n) is 9.61. The molecule has 1 aliphatic carbocycles. The molecule has 2 aliphatic rings. The number of hydrogen-bond acceptors (Lipinski definition) is 3. The predicted molar refractivity (Wildman–Crippen MR) is 102 cm³/mol. The van der Waals surface area contributed by atoms with Gasteiger partial charge in [-0.25, -0.2) is 4.79 Å². The highest BCUT2D eigenvalue weighted by Crippen LogP contribution is 2.32. The van der Waals surface area contributed by atoms with Crippen LogP contribution < -0.4 is 5.32 Å². The van der Waals surface area contributed by atoms with Crippen molar-refractivity contribution in [3.63, 3.8) is 0 Å². The number of hydrogen-bond donors (Lipinski definition) is 1. The van der Waals surface area contributed by atoms with E-state index in [0.717, 1.165) is 65.1 Å². The minimum atomic E-state index is 0.0581. The van der Waals surface area contributed by atoms with Crippen LogP contribution in [0.15, 0.2) is 24.3 Å². The standard InChI is InChI=1S/C20H32N4O/c1-22-12-14-24(15-13-22)11-5-10-23(2)20(25)21-16-18-9-8-17-6-3-4-7-19(17)18/h3-4,6-7,18H,5,8-16H2,1-2H3,(H,21,25)/t18-/m1/s1. The molecule has 1 aromatic carbocycles. The highest BCUT2D eigenvalue weighted by atomic mass is 16.2. The Morgan fingerprint density at radius 2 is 2.00 bits per heavy atom. The van der Waals surface area contributed by atoms with E-state index in [1.165, 1.54) is 11.1 Å². The number of carbonyl (C=O) groups excluding carboxylic acids is 1. The van der Waals surface area contributed by atoms with Crippen molar-refractivity contribution in [1.82, 2.24) is 20.0 Å². The Morgan fingerprint density at radius 1 is 1.24 bits per heavy atom. The molecule has 138 valence electrons. The van der Waals surface area contributed by atoms with Gasteiger partial charge in [-0.05, 0) is 44.0 Å². The molecule has 0 spiro atoms. The summed E-state index contributed by atoms with van der Waals surface area (Å²) in [6.07, 6.45) is 3.32. The van der Waals surface area contributed by atoms with Gasteiger partial charge in [-0.1, -0.05) is 24.3 Å². The largest absolute Gasteiger partial charge is 0.337 e. The lowest BCUT2D eigenvalue weighted by Gasteiger charge is -2.32. The second-order valence-electron chi connectivity index (χ2n) is 7.54. The summed E-state index contributed by atoms with van der Waals surface area (Å²) in [6, 6.07) is 8.68. The molecule has 3 rings (SSSR count). The van der Waals surface area contributed by atoms with E-state index in [2.05, 4.69) is 46.4 Å². The lowest BCUT2D eigenvalue weighted by Crippen LogP contribution is -2.45. The number of aryl methyl sites for hydroxylation is 1. The predicted octanol–water partition coefficient (Wildman–Crippen LogP) is 2.00. The molecule has 5 nitrogen and oxygen atoms in total. The van der Waals surface area contributed by atoms with Gasteiger partial charge in [-0.2, -0.15) is 0 Å². The molecule has 25 heavy (non-hydrogen) atoms. The fourth-order valence-electron chi connectivity index (χ4n) is 3.91. The van der Waals surface area contributed by atoms with E-state index in [4.69, 9.17) is 0 Å². The van der Waals surface area contributed by atoms with Gasteiger partial charge in [0.1, 0.15) is 0 Å². The minimum Gasteiger partial charge on any atom is -0.337 e. The number of fused-ring (bicyclic) bond motifs is 1. The fraction of sp³-hybridized carbons (Fsp3) is 0.650. The molecule has 1 aromatic rings. The third-order valence-electron chi connectivity index (χ3n) is 5.67.